The normalized spacial score (nSPS) is 12.5. The summed E-state index contributed by atoms with van der Waals surface area (Å²) in [5.74, 6) is 0.383. The van der Waals surface area contributed by atoms with E-state index in [9.17, 15) is 4.79 Å². The van der Waals surface area contributed by atoms with Gasteiger partial charge in [-0.3, -0.25) is 4.79 Å². The largest absolute Gasteiger partial charge is 0.374 e. The van der Waals surface area contributed by atoms with Crippen molar-refractivity contribution in [3.8, 4) is 0 Å². The first-order valence-corrected chi connectivity index (χ1v) is 5.70. The number of aromatic nitrogens is 2. The SMILES string of the molecule is CCC(C)CN(C)C(=O)c1nnc(N)s1. The second-order valence-corrected chi connectivity index (χ2v) is 4.65. The van der Waals surface area contributed by atoms with Gasteiger partial charge in [-0.2, -0.15) is 0 Å². The smallest absolute Gasteiger partial charge is 0.284 e. The van der Waals surface area contributed by atoms with Crippen LogP contribution in [0.25, 0.3) is 0 Å². The Morgan fingerprint density at radius 3 is 2.73 bits per heavy atom. The Morgan fingerprint density at radius 2 is 2.27 bits per heavy atom. The molecule has 0 saturated heterocycles. The number of hydrogen-bond acceptors (Lipinski definition) is 5. The van der Waals surface area contributed by atoms with Crippen LogP contribution in [0.4, 0.5) is 5.13 Å². The van der Waals surface area contributed by atoms with E-state index in [4.69, 9.17) is 5.73 Å². The van der Waals surface area contributed by atoms with Gasteiger partial charge in [0.2, 0.25) is 10.1 Å². The Bertz CT molecular complexity index is 339. The van der Waals surface area contributed by atoms with E-state index < -0.39 is 0 Å². The van der Waals surface area contributed by atoms with Crippen LogP contribution in [-0.2, 0) is 0 Å². The molecule has 0 fully saturated rings. The molecule has 0 aromatic carbocycles. The van der Waals surface area contributed by atoms with E-state index in [1.165, 1.54) is 0 Å². The Labute approximate surface area is 93.3 Å². The molecule has 6 heteroatoms. The van der Waals surface area contributed by atoms with Crippen molar-refractivity contribution in [2.75, 3.05) is 19.3 Å². The fraction of sp³-hybridized carbons (Fsp3) is 0.667. The zero-order chi connectivity index (χ0) is 11.4. The molecular weight excluding hydrogens is 212 g/mol. The molecule has 0 aliphatic carbocycles. The molecule has 84 valence electrons. The molecule has 15 heavy (non-hydrogen) atoms. The maximum absolute atomic E-state index is 11.8. The Kier molecular flexibility index (Phi) is 4.02. The summed E-state index contributed by atoms with van der Waals surface area (Å²) in [6, 6.07) is 0. The predicted octanol–water partition coefficient (Wildman–Crippen LogP) is 1.24. The van der Waals surface area contributed by atoms with Crippen LogP contribution in [-0.4, -0.2) is 34.6 Å². The third-order valence-corrected chi connectivity index (χ3v) is 2.99. The fourth-order valence-corrected chi connectivity index (χ4v) is 1.77. The van der Waals surface area contributed by atoms with Crippen LogP contribution < -0.4 is 5.73 Å². The van der Waals surface area contributed by atoms with Crippen LogP contribution in [0.5, 0.6) is 0 Å². The van der Waals surface area contributed by atoms with Crippen LogP contribution in [0.3, 0.4) is 0 Å². The molecule has 5 nitrogen and oxygen atoms in total. The van der Waals surface area contributed by atoms with Crippen molar-refractivity contribution >= 4 is 22.4 Å². The third-order valence-electron chi connectivity index (χ3n) is 2.25. The Morgan fingerprint density at radius 1 is 1.60 bits per heavy atom. The van der Waals surface area contributed by atoms with Crippen molar-refractivity contribution in [3.05, 3.63) is 5.01 Å². The predicted molar refractivity (Wildman–Crippen MR) is 60.7 cm³/mol. The zero-order valence-corrected chi connectivity index (χ0v) is 10.0. The van der Waals surface area contributed by atoms with Gasteiger partial charge in [0.25, 0.3) is 5.91 Å². The minimum Gasteiger partial charge on any atom is -0.374 e. The molecule has 1 amide bonds. The topological polar surface area (TPSA) is 72.1 Å². The number of nitrogen functional groups attached to an aromatic ring is 1. The van der Waals surface area contributed by atoms with Gasteiger partial charge in [-0.25, -0.2) is 0 Å². The van der Waals surface area contributed by atoms with Crippen molar-refractivity contribution in [2.24, 2.45) is 5.92 Å². The highest BCUT2D eigenvalue weighted by atomic mass is 32.1. The van der Waals surface area contributed by atoms with Crippen LogP contribution >= 0.6 is 11.3 Å². The summed E-state index contributed by atoms with van der Waals surface area (Å²) in [5.41, 5.74) is 5.42. The van der Waals surface area contributed by atoms with Gasteiger partial charge < -0.3 is 10.6 Å². The molecular formula is C9H16N4OS. The van der Waals surface area contributed by atoms with Crippen LogP contribution in [0, 0.1) is 5.92 Å². The van der Waals surface area contributed by atoms with Crippen molar-refractivity contribution < 1.29 is 4.79 Å². The van der Waals surface area contributed by atoms with E-state index >= 15 is 0 Å². The van der Waals surface area contributed by atoms with Crippen molar-refractivity contribution in [1.29, 1.82) is 0 Å². The summed E-state index contributed by atoms with van der Waals surface area (Å²) in [6.45, 7) is 4.94. The minimum atomic E-state index is -0.107. The summed E-state index contributed by atoms with van der Waals surface area (Å²) < 4.78 is 0. The van der Waals surface area contributed by atoms with Crippen molar-refractivity contribution in [3.63, 3.8) is 0 Å². The first-order chi connectivity index (χ1) is 7.04. The Balaban J connectivity index is 2.60. The Hall–Kier alpha value is -1.17. The molecule has 1 rings (SSSR count). The first kappa shape index (κ1) is 11.9. The molecule has 1 unspecified atom stereocenters. The molecule has 1 aromatic heterocycles. The van der Waals surface area contributed by atoms with Gasteiger partial charge in [-0.1, -0.05) is 31.6 Å². The minimum absolute atomic E-state index is 0.107. The summed E-state index contributed by atoms with van der Waals surface area (Å²) in [6.07, 6.45) is 1.05. The molecule has 2 N–H and O–H groups in total. The number of carbonyl (C=O) groups is 1. The van der Waals surface area contributed by atoms with E-state index in [-0.39, 0.29) is 5.91 Å². The molecule has 0 bridgehead atoms. The van der Waals surface area contributed by atoms with Gasteiger partial charge in [0, 0.05) is 13.6 Å². The van der Waals surface area contributed by atoms with E-state index in [0.717, 1.165) is 24.3 Å². The summed E-state index contributed by atoms with van der Waals surface area (Å²) in [4.78, 5) is 13.4. The average Bonchev–Trinajstić information content (AvgIpc) is 2.63. The van der Waals surface area contributed by atoms with E-state index in [1.807, 2.05) is 0 Å². The van der Waals surface area contributed by atoms with Gasteiger partial charge in [-0.05, 0) is 5.92 Å². The molecule has 1 heterocycles. The van der Waals surface area contributed by atoms with Crippen LogP contribution in [0.2, 0.25) is 0 Å². The van der Waals surface area contributed by atoms with Crippen molar-refractivity contribution in [2.45, 2.75) is 20.3 Å². The number of amides is 1. The number of carbonyl (C=O) groups excluding carboxylic acids is 1. The van der Waals surface area contributed by atoms with Gasteiger partial charge in [0.15, 0.2) is 0 Å². The third kappa shape index (κ3) is 3.16. The van der Waals surface area contributed by atoms with Crippen LogP contribution in [0.1, 0.15) is 30.1 Å². The lowest BCUT2D eigenvalue weighted by molar-refractivity contribution is 0.0773. The lowest BCUT2D eigenvalue weighted by atomic mass is 10.1. The number of rotatable bonds is 4. The summed E-state index contributed by atoms with van der Waals surface area (Å²) in [5, 5.41) is 8.03. The lowest BCUT2D eigenvalue weighted by Crippen LogP contribution is -2.30. The fourth-order valence-electron chi connectivity index (χ4n) is 1.16. The highest BCUT2D eigenvalue weighted by Gasteiger charge is 2.17. The first-order valence-electron chi connectivity index (χ1n) is 4.89. The molecule has 0 aliphatic rings. The monoisotopic (exact) mass is 228 g/mol. The van der Waals surface area contributed by atoms with E-state index in [2.05, 4.69) is 24.0 Å². The standard InChI is InChI=1S/C9H16N4OS/c1-4-6(2)5-13(3)8(14)7-11-12-9(10)15-7/h6H,4-5H2,1-3H3,(H2,10,12). The van der Waals surface area contributed by atoms with Crippen LogP contribution in [0.15, 0.2) is 0 Å². The number of hydrogen-bond donors (Lipinski definition) is 1. The lowest BCUT2D eigenvalue weighted by Gasteiger charge is -2.19. The highest BCUT2D eigenvalue weighted by Crippen LogP contribution is 2.14. The number of nitrogens with two attached hydrogens (primary N) is 1. The van der Waals surface area contributed by atoms with Gasteiger partial charge in [-0.15, -0.1) is 10.2 Å². The van der Waals surface area contributed by atoms with Crippen molar-refractivity contribution in [1.82, 2.24) is 15.1 Å². The molecule has 0 saturated carbocycles. The molecule has 1 aromatic rings. The van der Waals surface area contributed by atoms with Gasteiger partial charge in [0.1, 0.15) is 0 Å². The second-order valence-electron chi connectivity index (χ2n) is 3.64. The summed E-state index contributed by atoms with van der Waals surface area (Å²) in [7, 11) is 1.77. The van der Waals surface area contributed by atoms with Gasteiger partial charge in [0.05, 0.1) is 0 Å². The van der Waals surface area contributed by atoms with E-state index in [0.29, 0.717) is 16.1 Å². The van der Waals surface area contributed by atoms with Gasteiger partial charge >= 0.3 is 0 Å². The highest BCUT2D eigenvalue weighted by molar-refractivity contribution is 7.16. The average molecular weight is 228 g/mol. The molecule has 1 atom stereocenters. The molecule has 0 spiro atoms. The quantitative estimate of drug-likeness (QED) is 0.841. The molecule has 0 radical (unpaired) electrons. The second kappa shape index (κ2) is 5.06. The maximum Gasteiger partial charge on any atom is 0.284 e. The number of anilines is 1. The number of nitrogens with zero attached hydrogens (tertiary/aromatic N) is 3. The maximum atomic E-state index is 11.8. The zero-order valence-electron chi connectivity index (χ0n) is 9.23. The van der Waals surface area contributed by atoms with E-state index in [1.54, 1.807) is 11.9 Å². The summed E-state index contributed by atoms with van der Waals surface area (Å²) >= 11 is 1.12. The molecule has 0 aliphatic heterocycles.